The molecular weight excluding hydrogens is 268 g/mol. The molecule has 1 aromatic rings. The molecule has 2 fully saturated rings. The van der Waals surface area contributed by atoms with Crippen molar-refractivity contribution in [3.05, 3.63) is 23.8 Å². The van der Waals surface area contributed by atoms with Gasteiger partial charge in [-0.3, -0.25) is 4.79 Å². The van der Waals surface area contributed by atoms with E-state index in [1.165, 1.54) is 6.42 Å². The largest absolute Gasteiger partial charge is 0.493 e. The molecule has 0 saturated carbocycles. The lowest BCUT2D eigenvalue weighted by Gasteiger charge is -2.18. The van der Waals surface area contributed by atoms with Gasteiger partial charge in [-0.25, -0.2) is 0 Å². The van der Waals surface area contributed by atoms with Crippen molar-refractivity contribution in [2.75, 3.05) is 33.9 Å². The number of rotatable bonds is 4. The van der Waals surface area contributed by atoms with E-state index in [2.05, 4.69) is 5.32 Å². The highest BCUT2D eigenvalue weighted by Crippen LogP contribution is 2.29. The first-order valence-electron chi connectivity index (χ1n) is 7.43. The average molecular weight is 290 g/mol. The van der Waals surface area contributed by atoms with Crippen LogP contribution in [0.25, 0.3) is 0 Å². The van der Waals surface area contributed by atoms with Crippen LogP contribution in [0.2, 0.25) is 0 Å². The van der Waals surface area contributed by atoms with Gasteiger partial charge in [0.2, 0.25) is 5.91 Å². The Balaban J connectivity index is 1.65. The van der Waals surface area contributed by atoms with E-state index in [0.29, 0.717) is 29.9 Å². The van der Waals surface area contributed by atoms with Crippen molar-refractivity contribution >= 4 is 5.91 Å². The number of ether oxygens (including phenoxy) is 2. The van der Waals surface area contributed by atoms with E-state index in [0.717, 1.165) is 25.2 Å². The number of hydrogen-bond donors (Lipinski definition) is 1. The highest BCUT2D eigenvalue weighted by molar-refractivity contribution is 5.79. The average Bonchev–Trinajstić information content (AvgIpc) is 3.08. The van der Waals surface area contributed by atoms with Crippen molar-refractivity contribution in [1.29, 1.82) is 0 Å². The maximum absolute atomic E-state index is 12.4. The molecule has 0 spiro atoms. The summed E-state index contributed by atoms with van der Waals surface area (Å²) < 4.78 is 10.5. The summed E-state index contributed by atoms with van der Waals surface area (Å²) in [7, 11) is 3.22. The molecule has 0 aromatic heterocycles. The van der Waals surface area contributed by atoms with Gasteiger partial charge in [-0.2, -0.15) is 0 Å². The van der Waals surface area contributed by atoms with E-state index in [-0.39, 0.29) is 5.91 Å². The van der Waals surface area contributed by atoms with Gasteiger partial charge in [-0.05, 0) is 36.6 Å². The fourth-order valence-corrected chi connectivity index (χ4v) is 3.33. The third-order valence-corrected chi connectivity index (χ3v) is 4.52. The number of nitrogens with one attached hydrogen (secondary N) is 1. The molecule has 1 aromatic carbocycles. The van der Waals surface area contributed by atoms with Crippen molar-refractivity contribution in [2.45, 2.75) is 18.9 Å². The molecule has 114 valence electrons. The summed E-state index contributed by atoms with van der Waals surface area (Å²) in [5.41, 5.74) is 0.961. The Bertz CT molecular complexity index is 520. The van der Waals surface area contributed by atoms with Crippen LogP contribution in [0.3, 0.4) is 0 Å². The summed E-state index contributed by atoms with van der Waals surface area (Å²) >= 11 is 0. The summed E-state index contributed by atoms with van der Waals surface area (Å²) in [5.74, 6) is 2.19. The van der Waals surface area contributed by atoms with Crippen molar-refractivity contribution in [3.63, 3.8) is 0 Å². The molecule has 2 aliphatic heterocycles. The number of likely N-dealkylation sites (tertiary alicyclic amines) is 1. The zero-order valence-electron chi connectivity index (χ0n) is 12.6. The molecule has 5 nitrogen and oxygen atoms in total. The van der Waals surface area contributed by atoms with Crippen molar-refractivity contribution in [2.24, 2.45) is 5.92 Å². The molecule has 2 saturated heterocycles. The maximum Gasteiger partial charge on any atom is 0.227 e. The molecule has 0 bridgehead atoms. The fraction of sp³-hybridized carbons (Fsp3) is 0.562. The number of carbonyl (C=O) groups excluding carboxylic acids is 1. The summed E-state index contributed by atoms with van der Waals surface area (Å²) in [6.45, 7) is 2.83. The van der Waals surface area contributed by atoms with Crippen LogP contribution in [-0.4, -0.2) is 50.7 Å². The predicted molar refractivity (Wildman–Crippen MR) is 79.7 cm³/mol. The van der Waals surface area contributed by atoms with E-state index in [1.54, 1.807) is 14.2 Å². The minimum atomic E-state index is 0.193. The Morgan fingerprint density at radius 2 is 2.10 bits per heavy atom. The third-order valence-electron chi connectivity index (χ3n) is 4.52. The second-order valence-electron chi connectivity index (χ2n) is 5.77. The number of methoxy groups -OCH3 is 2. The minimum absolute atomic E-state index is 0.193. The quantitative estimate of drug-likeness (QED) is 0.901. The van der Waals surface area contributed by atoms with Gasteiger partial charge in [0.1, 0.15) is 0 Å². The molecular formula is C16H22N2O3. The second kappa shape index (κ2) is 5.93. The van der Waals surface area contributed by atoms with E-state index < -0.39 is 0 Å². The summed E-state index contributed by atoms with van der Waals surface area (Å²) in [6.07, 6.45) is 1.60. The van der Waals surface area contributed by atoms with Crippen LogP contribution in [-0.2, 0) is 11.2 Å². The van der Waals surface area contributed by atoms with Crippen LogP contribution in [0.5, 0.6) is 11.5 Å². The molecule has 2 atom stereocenters. The molecule has 0 aliphatic carbocycles. The van der Waals surface area contributed by atoms with E-state index in [9.17, 15) is 4.79 Å². The topological polar surface area (TPSA) is 50.8 Å². The Hall–Kier alpha value is -1.75. The minimum Gasteiger partial charge on any atom is -0.493 e. The molecule has 2 aliphatic rings. The first-order chi connectivity index (χ1) is 10.2. The zero-order valence-corrected chi connectivity index (χ0v) is 12.6. The van der Waals surface area contributed by atoms with Crippen molar-refractivity contribution < 1.29 is 14.3 Å². The SMILES string of the molecule is COc1ccc(CC(=O)N2C[C@@H]3CCN[C@@H]3C2)cc1OC. The van der Waals surface area contributed by atoms with Gasteiger partial charge in [0.05, 0.1) is 20.6 Å². The molecule has 2 heterocycles. The van der Waals surface area contributed by atoms with Crippen molar-refractivity contribution in [3.8, 4) is 11.5 Å². The highest BCUT2D eigenvalue weighted by atomic mass is 16.5. The molecule has 0 radical (unpaired) electrons. The van der Waals surface area contributed by atoms with Crippen LogP contribution >= 0.6 is 0 Å². The van der Waals surface area contributed by atoms with Gasteiger partial charge in [0, 0.05) is 19.1 Å². The molecule has 0 unspecified atom stereocenters. The predicted octanol–water partition coefficient (Wildman–Crippen LogP) is 1.07. The Kier molecular flexibility index (Phi) is 4.01. The molecule has 1 amide bonds. The molecule has 5 heteroatoms. The summed E-state index contributed by atoms with van der Waals surface area (Å²) in [4.78, 5) is 14.4. The Labute approximate surface area is 125 Å². The molecule has 3 rings (SSSR count). The first kappa shape index (κ1) is 14.2. The van der Waals surface area contributed by atoms with Crippen LogP contribution < -0.4 is 14.8 Å². The van der Waals surface area contributed by atoms with E-state index >= 15 is 0 Å². The van der Waals surface area contributed by atoms with Gasteiger partial charge in [0.15, 0.2) is 11.5 Å². The lowest BCUT2D eigenvalue weighted by Crippen LogP contribution is -2.34. The summed E-state index contributed by atoms with van der Waals surface area (Å²) in [6, 6.07) is 6.15. The van der Waals surface area contributed by atoms with Crippen LogP contribution in [0.15, 0.2) is 18.2 Å². The van der Waals surface area contributed by atoms with Gasteiger partial charge >= 0.3 is 0 Å². The normalized spacial score (nSPS) is 24.0. The lowest BCUT2D eigenvalue weighted by atomic mass is 10.1. The monoisotopic (exact) mass is 290 g/mol. The Morgan fingerprint density at radius 3 is 2.81 bits per heavy atom. The number of nitrogens with zero attached hydrogens (tertiary/aromatic N) is 1. The summed E-state index contributed by atoms with van der Waals surface area (Å²) in [5, 5.41) is 3.47. The number of carbonyl (C=O) groups is 1. The van der Waals surface area contributed by atoms with Crippen LogP contribution in [0.1, 0.15) is 12.0 Å². The number of fused-ring (bicyclic) bond motifs is 1. The molecule has 21 heavy (non-hydrogen) atoms. The maximum atomic E-state index is 12.4. The number of benzene rings is 1. The fourth-order valence-electron chi connectivity index (χ4n) is 3.33. The zero-order chi connectivity index (χ0) is 14.8. The smallest absolute Gasteiger partial charge is 0.227 e. The van der Waals surface area contributed by atoms with Crippen LogP contribution in [0.4, 0.5) is 0 Å². The number of hydrogen-bond acceptors (Lipinski definition) is 4. The van der Waals surface area contributed by atoms with E-state index in [4.69, 9.17) is 9.47 Å². The van der Waals surface area contributed by atoms with Gasteiger partial charge < -0.3 is 19.7 Å². The standard InChI is InChI=1S/C16H22N2O3/c1-20-14-4-3-11(7-15(14)21-2)8-16(19)18-9-12-5-6-17-13(12)10-18/h3-4,7,12-13,17H,5-6,8-10H2,1-2H3/t12-,13+/m0/s1. The van der Waals surface area contributed by atoms with Gasteiger partial charge in [0.25, 0.3) is 0 Å². The second-order valence-corrected chi connectivity index (χ2v) is 5.77. The van der Waals surface area contributed by atoms with Gasteiger partial charge in [-0.1, -0.05) is 6.07 Å². The highest BCUT2D eigenvalue weighted by Gasteiger charge is 2.37. The lowest BCUT2D eigenvalue weighted by molar-refractivity contribution is -0.129. The molecule has 1 N–H and O–H groups in total. The van der Waals surface area contributed by atoms with E-state index in [1.807, 2.05) is 23.1 Å². The third kappa shape index (κ3) is 2.83. The van der Waals surface area contributed by atoms with Crippen LogP contribution in [0, 0.1) is 5.92 Å². The number of amides is 1. The van der Waals surface area contributed by atoms with Gasteiger partial charge in [-0.15, -0.1) is 0 Å². The van der Waals surface area contributed by atoms with Crippen molar-refractivity contribution in [1.82, 2.24) is 10.2 Å². The Morgan fingerprint density at radius 1 is 1.29 bits per heavy atom. The first-order valence-corrected chi connectivity index (χ1v) is 7.43.